The van der Waals surface area contributed by atoms with Gasteiger partial charge in [0.25, 0.3) is 0 Å². The van der Waals surface area contributed by atoms with Gasteiger partial charge in [-0.2, -0.15) is 0 Å². The number of aromatic nitrogens is 1. The summed E-state index contributed by atoms with van der Waals surface area (Å²) in [6.07, 6.45) is 0. The van der Waals surface area contributed by atoms with Crippen molar-refractivity contribution in [2.75, 3.05) is 0 Å². The molecular formula is C8H8N2O2S. The molecule has 0 radical (unpaired) electrons. The fourth-order valence-corrected chi connectivity index (χ4v) is 2.13. The first kappa shape index (κ1) is 8.28. The summed E-state index contributed by atoms with van der Waals surface area (Å²) in [6, 6.07) is 3.51. The maximum absolute atomic E-state index is 10.6. The van der Waals surface area contributed by atoms with E-state index in [2.05, 4.69) is 4.98 Å². The molecule has 68 valence electrons. The van der Waals surface area contributed by atoms with Crippen LogP contribution in [0.15, 0.2) is 12.1 Å². The average Bonchev–Trinajstić information content (AvgIpc) is 2.58. The second-order valence-electron chi connectivity index (χ2n) is 2.68. The highest BCUT2D eigenvalue weighted by molar-refractivity contribution is 7.19. The second-order valence-corrected chi connectivity index (χ2v) is 3.85. The zero-order valence-electron chi connectivity index (χ0n) is 6.70. The van der Waals surface area contributed by atoms with Crippen LogP contribution in [0.2, 0.25) is 0 Å². The van der Waals surface area contributed by atoms with Gasteiger partial charge in [-0.05, 0) is 12.1 Å². The molecule has 2 aromatic rings. The van der Waals surface area contributed by atoms with Crippen molar-refractivity contribution in [1.82, 2.24) is 4.98 Å². The van der Waals surface area contributed by atoms with Crippen molar-refractivity contribution in [2.24, 2.45) is 5.73 Å². The van der Waals surface area contributed by atoms with Gasteiger partial charge in [-0.3, -0.25) is 0 Å². The van der Waals surface area contributed by atoms with Gasteiger partial charge >= 0.3 is 5.97 Å². The van der Waals surface area contributed by atoms with E-state index >= 15 is 0 Å². The molecule has 2 heterocycles. The normalized spacial score (nSPS) is 10.8. The third-order valence-corrected chi connectivity index (χ3v) is 2.89. The molecule has 0 amide bonds. The summed E-state index contributed by atoms with van der Waals surface area (Å²) >= 11 is 1.52. The Hall–Kier alpha value is -1.33. The number of carboxylic acid groups (broad SMARTS) is 1. The van der Waals surface area contributed by atoms with Crippen LogP contribution in [0.3, 0.4) is 0 Å². The number of thiophene rings is 1. The van der Waals surface area contributed by atoms with Crippen LogP contribution in [0.25, 0.3) is 10.2 Å². The first-order chi connectivity index (χ1) is 6.20. The third kappa shape index (κ3) is 1.32. The van der Waals surface area contributed by atoms with E-state index in [0.29, 0.717) is 6.54 Å². The lowest BCUT2D eigenvalue weighted by molar-refractivity contribution is 0.0691. The molecule has 0 aliphatic carbocycles. The number of aromatic carboxylic acids is 1. The van der Waals surface area contributed by atoms with Crippen molar-refractivity contribution in [2.45, 2.75) is 6.54 Å². The number of nitrogens with one attached hydrogen (secondary N) is 1. The van der Waals surface area contributed by atoms with E-state index in [1.165, 1.54) is 11.3 Å². The zero-order chi connectivity index (χ0) is 9.42. The molecule has 0 atom stereocenters. The Morgan fingerprint density at radius 1 is 1.62 bits per heavy atom. The van der Waals surface area contributed by atoms with Crippen molar-refractivity contribution in [3.05, 3.63) is 22.7 Å². The molecule has 0 saturated heterocycles. The van der Waals surface area contributed by atoms with Crippen molar-refractivity contribution in [3.63, 3.8) is 0 Å². The van der Waals surface area contributed by atoms with Crippen LogP contribution in [-0.2, 0) is 6.54 Å². The standard InChI is InChI=1S/C8H8N2O2S/c9-3-4-1-5-7(13-4)2-6(10-5)8(11)12/h1-2,10H,3,9H2,(H,11,12). The Kier molecular flexibility index (Phi) is 1.82. The van der Waals surface area contributed by atoms with Crippen LogP contribution in [0.4, 0.5) is 0 Å². The highest BCUT2D eigenvalue weighted by Crippen LogP contribution is 2.25. The van der Waals surface area contributed by atoms with Gasteiger partial charge in [0.2, 0.25) is 0 Å². The predicted molar refractivity (Wildman–Crippen MR) is 51.0 cm³/mol. The molecule has 4 nitrogen and oxygen atoms in total. The first-order valence-electron chi connectivity index (χ1n) is 3.75. The maximum Gasteiger partial charge on any atom is 0.352 e. The van der Waals surface area contributed by atoms with Gasteiger partial charge < -0.3 is 15.8 Å². The lowest BCUT2D eigenvalue weighted by atomic mass is 10.4. The Morgan fingerprint density at radius 2 is 2.38 bits per heavy atom. The van der Waals surface area contributed by atoms with Crippen LogP contribution >= 0.6 is 11.3 Å². The fraction of sp³-hybridized carbons (Fsp3) is 0.125. The number of hydrogen-bond acceptors (Lipinski definition) is 3. The minimum atomic E-state index is -0.933. The van der Waals surface area contributed by atoms with E-state index in [1.54, 1.807) is 6.07 Å². The van der Waals surface area contributed by atoms with E-state index in [9.17, 15) is 4.79 Å². The Labute approximate surface area is 78.0 Å². The topological polar surface area (TPSA) is 79.1 Å². The van der Waals surface area contributed by atoms with Crippen LogP contribution in [-0.4, -0.2) is 16.1 Å². The minimum Gasteiger partial charge on any atom is -0.477 e. The van der Waals surface area contributed by atoms with Crippen molar-refractivity contribution < 1.29 is 9.90 Å². The van der Waals surface area contributed by atoms with Gasteiger partial charge in [0.05, 0.1) is 10.2 Å². The van der Waals surface area contributed by atoms with Gasteiger partial charge in [0.1, 0.15) is 5.69 Å². The summed E-state index contributed by atoms with van der Waals surface area (Å²) in [7, 11) is 0. The average molecular weight is 196 g/mol. The molecule has 4 N–H and O–H groups in total. The molecule has 5 heteroatoms. The van der Waals surface area contributed by atoms with E-state index in [-0.39, 0.29) is 5.69 Å². The summed E-state index contributed by atoms with van der Waals surface area (Å²) in [4.78, 5) is 14.4. The Balaban J connectivity index is 2.54. The van der Waals surface area contributed by atoms with Crippen LogP contribution in [0.5, 0.6) is 0 Å². The zero-order valence-corrected chi connectivity index (χ0v) is 7.52. The van der Waals surface area contributed by atoms with Gasteiger partial charge in [-0.25, -0.2) is 4.79 Å². The minimum absolute atomic E-state index is 0.227. The van der Waals surface area contributed by atoms with Crippen molar-refractivity contribution in [3.8, 4) is 0 Å². The highest BCUT2D eigenvalue weighted by atomic mass is 32.1. The SMILES string of the molecule is NCc1cc2[nH]c(C(=O)O)cc2s1. The number of nitrogens with two attached hydrogens (primary N) is 1. The van der Waals surface area contributed by atoms with Gasteiger partial charge in [0, 0.05) is 11.4 Å². The molecule has 0 fully saturated rings. The Bertz CT molecular complexity index is 426. The monoisotopic (exact) mass is 196 g/mol. The Morgan fingerprint density at radius 3 is 2.92 bits per heavy atom. The summed E-state index contributed by atoms with van der Waals surface area (Å²) in [6.45, 7) is 0.496. The summed E-state index contributed by atoms with van der Waals surface area (Å²) in [5.74, 6) is -0.933. The van der Waals surface area contributed by atoms with Gasteiger partial charge in [-0.1, -0.05) is 0 Å². The number of carboxylic acids is 1. The van der Waals surface area contributed by atoms with Crippen LogP contribution in [0.1, 0.15) is 15.4 Å². The molecular weight excluding hydrogens is 188 g/mol. The van der Waals surface area contributed by atoms with E-state index < -0.39 is 5.97 Å². The number of fused-ring (bicyclic) bond motifs is 1. The molecule has 2 rings (SSSR count). The number of rotatable bonds is 2. The third-order valence-electron chi connectivity index (χ3n) is 1.79. The van der Waals surface area contributed by atoms with E-state index in [1.807, 2.05) is 6.07 Å². The lowest BCUT2D eigenvalue weighted by Crippen LogP contribution is -1.95. The van der Waals surface area contributed by atoms with E-state index in [0.717, 1.165) is 15.1 Å². The molecule has 2 aromatic heterocycles. The quantitative estimate of drug-likeness (QED) is 0.679. The predicted octanol–water partition coefficient (Wildman–Crippen LogP) is 1.39. The summed E-state index contributed by atoms with van der Waals surface area (Å²) < 4.78 is 0.942. The lowest BCUT2D eigenvalue weighted by Gasteiger charge is -1.85. The number of aromatic amines is 1. The van der Waals surface area contributed by atoms with Gasteiger partial charge in [-0.15, -0.1) is 11.3 Å². The van der Waals surface area contributed by atoms with Crippen molar-refractivity contribution >= 4 is 27.5 Å². The number of hydrogen-bond donors (Lipinski definition) is 3. The number of H-pyrrole nitrogens is 1. The van der Waals surface area contributed by atoms with Crippen LogP contribution < -0.4 is 5.73 Å². The highest BCUT2D eigenvalue weighted by Gasteiger charge is 2.09. The molecule has 0 unspecified atom stereocenters. The van der Waals surface area contributed by atoms with Gasteiger partial charge in [0.15, 0.2) is 0 Å². The fourth-order valence-electron chi connectivity index (χ4n) is 1.19. The second kappa shape index (κ2) is 2.86. The summed E-state index contributed by atoms with van der Waals surface area (Å²) in [5.41, 5.74) is 6.53. The van der Waals surface area contributed by atoms with Crippen molar-refractivity contribution in [1.29, 1.82) is 0 Å². The number of carbonyl (C=O) groups is 1. The molecule has 0 saturated carbocycles. The molecule has 0 aliphatic rings. The molecule has 0 aliphatic heterocycles. The maximum atomic E-state index is 10.6. The summed E-state index contributed by atoms with van der Waals surface area (Å²) in [5, 5.41) is 8.68. The molecule has 0 bridgehead atoms. The van der Waals surface area contributed by atoms with E-state index in [4.69, 9.17) is 10.8 Å². The van der Waals surface area contributed by atoms with Crippen LogP contribution in [0, 0.1) is 0 Å². The first-order valence-corrected chi connectivity index (χ1v) is 4.57. The molecule has 13 heavy (non-hydrogen) atoms. The largest absolute Gasteiger partial charge is 0.477 e. The smallest absolute Gasteiger partial charge is 0.352 e. The molecule has 0 spiro atoms. The molecule has 0 aromatic carbocycles.